The zero-order valence-electron chi connectivity index (χ0n) is 25.0. The Balaban J connectivity index is 1.61. The van der Waals surface area contributed by atoms with E-state index in [9.17, 15) is 24.3 Å². The Kier molecular flexibility index (Phi) is 7.54. The molecule has 4 amide bonds. The third-order valence-corrected chi connectivity index (χ3v) is 8.94. The molecule has 5 unspecified atom stereocenters. The number of nitrogens with one attached hydrogen (secondary N) is 2. The van der Waals surface area contributed by atoms with E-state index >= 15 is 0 Å². The lowest BCUT2D eigenvalue weighted by atomic mass is 9.80. The third kappa shape index (κ3) is 6.05. The van der Waals surface area contributed by atoms with Crippen molar-refractivity contribution in [2.24, 2.45) is 28.6 Å². The number of fused-ring (bicyclic) bond motifs is 1. The van der Waals surface area contributed by atoms with Gasteiger partial charge in [-0.05, 0) is 75.0 Å². The quantitative estimate of drug-likeness (QED) is 0.420. The lowest BCUT2D eigenvalue weighted by Gasteiger charge is -2.46. The second-order valence-corrected chi connectivity index (χ2v) is 15.0. The van der Waals surface area contributed by atoms with Gasteiger partial charge in [-0.15, -0.1) is 0 Å². The van der Waals surface area contributed by atoms with Crippen LogP contribution in [0.3, 0.4) is 0 Å². The molecular weight excluding hydrogens is 500 g/mol. The molecule has 4 fully saturated rings. The molecule has 3 saturated carbocycles. The van der Waals surface area contributed by atoms with Crippen LogP contribution in [0, 0.1) is 28.6 Å². The molecule has 39 heavy (non-hydrogen) atoms. The van der Waals surface area contributed by atoms with E-state index in [1.165, 1.54) is 4.90 Å². The zero-order chi connectivity index (χ0) is 29.2. The van der Waals surface area contributed by atoms with Gasteiger partial charge in [0.05, 0.1) is 0 Å². The minimum atomic E-state index is -1.60. The van der Waals surface area contributed by atoms with Gasteiger partial charge in [0.1, 0.15) is 17.7 Å². The minimum absolute atomic E-state index is 0.0483. The van der Waals surface area contributed by atoms with Crippen LogP contribution in [0.2, 0.25) is 0 Å². The number of aliphatic hydroxyl groups excluding tert-OH is 1. The second-order valence-electron chi connectivity index (χ2n) is 15.0. The highest BCUT2D eigenvalue weighted by atomic mass is 16.6. The van der Waals surface area contributed by atoms with E-state index in [2.05, 4.69) is 31.4 Å². The molecule has 1 aliphatic heterocycles. The number of alkyl carbamates (subject to hydrolysis) is 1. The number of ether oxygens (including phenoxy) is 1. The fourth-order valence-corrected chi connectivity index (χ4v) is 6.41. The molecule has 4 rings (SSSR count). The van der Waals surface area contributed by atoms with Gasteiger partial charge < -0.3 is 30.3 Å². The normalized spacial score (nSPS) is 30.8. The monoisotopic (exact) mass is 548 g/mol. The Hall–Kier alpha value is -2.36. The van der Waals surface area contributed by atoms with Crippen LogP contribution in [0.5, 0.6) is 0 Å². The summed E-state index contributed by atoms with van der Waals surface area (Å²) in [7, 11) is 0. The first-order valence-corrected chi connectivity index (χ1v) is 14.4. The van der Waals surface area contributed by atoms with Crippen LogP contribution >= 0.6 is 0 Å². The number of piperidine rings is 1. The molecule has 0 aromatic heterocycles. The van der Waals surface area contributed by atoms with Gasteiger partial charge in [0.2, 0.25) is 18.0 Å². The van der Waals surface area contributed by atoms with Gasteiger partial charge >= 0.3 is 6.09 Å². The summed E-state index contributed by atoms with van der Waals surface area (Å²) in [5.74, 6) is -0.882. The SMILES string of the molecule is CC1CC(N(C(=O)C2C3C(CN2C(=O)C(NC(=O)OC(C)(C)C)C(C)(C)C)C3(C)C)C(O)C(=O)NC2CC2)C1. The molecule has 0 aromatic carbocycles. The number of likely N-dealkylation sites (tertiary alicyclic amines) is 1. The summed E-state index contributed by atoms with van der Waals surface area (Å²) in [6.45, 7) is 17.5. The second kappa shape index (κ2) is 9.93. The van der Waals surface area contributed by atoms with E-state index < -0.39 is 41.3 Å². The van der Waals surface area contributed by atoms with Crippen molar-refractivity contribution in [3.05, 3.63) is 0 Å². The number of nitrogens with zero attached hydrogens (tertiary/aromatic N) is 2. The summed E-state index contributed by atoms with van der Waals surface area (Å²) in [5.41, 5.74) is -1.53. The molecule has 10 nitrogen and oxygen atoms in total. The van der Waals surface area contributed by atoms with E-state index in [1.54, 1.807) is 25.7 Å². The van der Waals surface area contributed by atoms with Crippen molar-refractivity contribution in [2.45, 2.75) is 124 Å². The maximum Gasteiger partial charge on any atom is 0.408 e. The van der Waals surface area contributed by atoms with Crippen molar-refractivity contribution in [3.8, 4) is 0 Å². The van der Waals surface area contributed by atoms with Gasteiger partial charge in [0.25, 0.3) is 5.91 Å². The molecular formula is C29H48N4O6. The molecule has 3 aliphatic carbocycles. The Labute approximate surface area is 232 Å². The molecule has 0 aromatic rings. The van der Waals surface area contributed by atoms with Crippen LogP contribution in [-0.4, -0.2) is 81.3 Å². The number of amides is 4. The van der Waals surface area contributed by atoms with Crippen LogP contribution in [0.4, 0.5) is 4.79 Å². The molecule has 1 heterocycles. The van der Waals surface area contributed by atoms with Crippen molar-refractivity contribution in [3.63, 3.8) is 0 Å². The van der Waals surface area contributed by atoms with Crippen LogP contribution in [-0.2, 0) is 19.1 Å². The average molecular weight is 549 g/mol. The lowest BCUT2D eigenvalue weighted by Crippen LogP contribution is -2.64. The number of hydrogen-bond acceptors (Lipinski definition) is 6. The Morgan fingerprint density at radius 2 is 1.64 bits per heavy atom. The van der Waals surface area contributed by atoms with Crippen molar-refractivity contribution in [1.82, 2.24) is 20.4 Å². The maximum atomic E-state index is 14.3. The standard InChI is InChI=1S/C29H48N4O6/c1-15-12-17(13-15)33(25(37)22(34)30-16-10-11-16)23(35)20-19-18(29(19,8)9)14-32(20)24(36)21(27(2,3)4)31-26(38)39-28(5,6)7/h15-21,25,37H,10-14H2,1-9H3,(H,30,34)(H,31,38). The van der Waals surface area contributed by atoms with E-state index in [4.69, 9.17) is 4.74 Å². The summed E-state index contributed by atoms with van der Waals surface area (Å²) < 4.78 is 5.44. The largest absolute Gasteiger partial charge is 0.444 e. The highest BCUT2D eigenvalue weighted by Gasteiger charge is 2.70. The van der Waals surface area contributed by atoms with Crippen LogP contribution in [0.25, 0.3) is 0 Å². The molecule has 0 spiro atoms. The fraction of sp³-hybridized carbons (Fsp3) is 0.862. The summed E-state index contributed by atoms with van der Waals surface area (Å²) in [6.07, 6.45) is 0.834. The van der Waals surface area contributed by atoms with Crippen LogP contribution in [0.1, 0.15) is 88.0 Å². The molecule has 0 bridgehead atoms. The highest BCUT2D eigenvalue weighted by Crippen LogP contribution is 2.65. The first-order chi connectivity index (χ1) is 17.8. The predicted molar refractivity (Wildman–Crippen MR) is 145 cm³/mol. The number of hydrogen-bond donors (Lipinski definition) is 3. The van der Waals surface area contributed by atoms with E-state index in [-0.39, 0.29) is 41.1 Å². The van der Waals surface area contributed by atoms with Crippen molar-refractivity contribution in [2.75, 3.05) is 6.54 Å². The van der Waals surface area contributed by atoms with Crippen molar-refractivity contribution in [1.29, 1.82) is 0 Å². The Bertz CT molecular complexity index is 1000. The smallest absolute Gasteiger partial charge is 0.408 e. The highest BCUT2D eigenvalue weighted by molar-refractivity contribution is 5.95. The Morgan fingerprint density at radius 1 is 1.05 bits per heavy atom. The molecule has 4 aliphatic rings. The molecule has 5 atom stereocenters. The molecule has 1 saturated heterocycles. The summed E-state index contributed by atoms with van der Waals surface area (Å²) >= 11 is 0. The first-order valence-electron chi connectivity index (χ1n) is 14.4. The van der Waals surface area contributed by atoms with Gasteiger partial charge in [-0.2, -0.15) is 0 Å². The first kappa shape index (κ1) is 29.6. The minimum Gasteiger partial charge on any atom is -0.444 e. The lowest BCUT2D eigenvalue weighted by molar-refractivity contribution is -0.168. The topological polar surface area (TPSA) is 128 Å². The summed E-state index contributed by atoms with van der Waals surface area (Å²) in [5, 5.41) is 16.7. The third-order valence-electron chi connectivity index (χ3n) is 8.94. The molecule has 220 valence electrons. The van der Waals surface area contributed by atoms with Crippen LogP contribution < -0.4 is 10.6 Å². The van der Waals surface area contributed by atoms with Gasteiger partial charge in [-0.3, -0.25) is 14.4 Å². The molecule has 0 radical (unpaired) electrons. The summed E-state index contributed by atoms with van der Waals surface area (Å²) in [6, 6.07) is -1.96. The number of rotatable bonds is 7. The van der Waals surface area contributed by atoms with E-state index in [1.807, 2.05) is 20.8 Å². The zero-order valence-corrected chi connectivity index (χ0v) is 25.0. The Morgan fingerprint density at radius 3 is 2.13 bits per heavy atom. The summed E-state index contributed by atoms with van der Waals surface area (Å²) in [4.78, 5) is 57.0. The van der Waals surface area contributed by atoms with Gasteiger partial charge in [-0.25, -0.2) is 4.79 Å². The van der Waals surface area contributed by atoms with Crippen molar-refractivity contribution >= 4 is 23.8 Å². The van der Waals surface area contributed by atoms with Crippen LogP contribution in [0.15, 0.2) is 0 Å². The number of carbonyl (C=O) groups excluding carboxylic acids is 4. The maximum absolute atomic E-state index is 14.3. The number of aliphatic hydroxyl groups is 1. The number of carbonyl (C=O) groups is 4. The van der Waals surface area contributed by atoms with Gasteiger partial charge in [0.15, 0.2) is 0 Å². The van der Waals surface area contributed by atoms with Crippen molar-refractivity contribution < 1.29 is 29.0 Å². The predicted octanol–water partition coefficient (Wildman–Crippen LogP) is 2.63. The average Bonchev–Trinajstić information content (AvgIpc) is 3.61. The van der Waals surface area contributed by atoms with E-state index in [0.717, 1.165) is 12.8 Å². The fourth-order valence-electron chi connectivity index (χ4n) is 6.41. The van der Waals surface area contributed by atoms with Gasteiger partial charge in [0, 0.05) is 18.6 Å². The molecule has 3 N–H and O–H groups in total. The van der Waals surface area contributed by atoms with E-state index in [0.29, 0.717) is 25.3 Å². The van der Waals surface area contributed by atoms with Gasteiger partial charge in [-0.1, -0.05) is 41.5 Å². The molecule has 10 heteroatoms.